The Balaban J connectivity index is 2.86. The van der Waals surface area contributed by atoms with Crippen LogP contribution in [0.25, 0.3) is 0 Å². The standard InChI is InChI=1S/C8H11N3/c1-6-2-3-11-5-7(6)4-8(9)10/h2-3,5H,4H2,1H3,(H3,9,10). The minimum absolute atomic E-state index is 0.182. The molecule has 0 fully saturated rings. The maximum Gasteiger partial charge on any atom is 0.0950 e. The average molecular weight is 149 g/mol. The number of aryl methyl sites for hydroxylation is 1. The molecule has 1 rings (SSSR count). The molecule has 3 N–H and O–H groups in total. The zero-order valence-corrected chi connectivity index (χ0v) is 6.46. The maximum absolute atomic E-state index is 7.08. The van der Waals surface area contributed by atoms with Crippen LogP contribution in [0.3, 0.4) is 0 Å². The van der Waals surface area contributed by atoms with Gasteiger partial charge in [0.1, 0.15) is 0 Å². The van der Waals surface area contributed by atoms with Gasteiger partial charge in [-0.15, -0.1) is 0 Å². The summed E-state index contributed by atoms with van der Waals surface area (Å²) in [5.41, 5.74) is 7.41. The second-order valence-electron chi connectivity index (χ2n) is 2.50. The number of rotatable bonds is 2. The Labute approximate surface area is 65.8 Å². The minimum Gasteiger partial charge on any atom is -0.387 e. The Morgan fingerprint density at radius 1 is 1.73 bits per heavy atom. The first kappa shape index (κ1) is 7.72. The Bertz CT molecular complexity index is 268. The van der Waals surface area contributed by atoms with Crippen molar-refractivity contribution in [1.29, 1.82) is 5.41 Å². The smallest absolute Gasteiger partial charge is 0.0950 e. The van der Waals surface area contributed by atoms with E-state index < -0.39 is 0 Å². The van der Waals surface area contributed by atoms with Crippen molar-refractivity contribution in [2.24, 2.45) is 5.73 Å². The molecule has 11 heavy (non-hydrogen) atoms. The summed E-state index contributed by atoms with van der Waals surface area (Å²) >= 11 is 0. The molecule has 0 aliphatic carbocycles. The van der Waals surface area contributed by atoms with E-state index in [0.717, 1.165) is 11.1 Å². The molecule has 0 spiro atoms. The summed E-state index contributed by atoms with van der Waals surface area (Å²) in [6, 6.07) is 1.91. The summed E-state index contributed by atoms with van der Waals surface area (Å²) in [6.45, 7) is 1.99. The molecule has 0 bridgehead atoms. The normalized spacial score (nSPS) is 9.55. The van der Waals surface area contributed by atoms with Crippen molar-refractivity contribution in [3.8, 4) is 0 Å². The molecule has 0 unspecified atom stereocenters. The van der Waals surface area contributed by atoms with Gasteiger partial charge in [0, 0.05) is 18.8 Å². The van der Waals surface area contributed by atoms with Gasteiger partial charge in [0.2, 0.25) is 0 Å². The summed E-state index contributed by atoms with van der Waals surface area (Å²) in [4.78, 5) is 3.95. The maximum atomic E-state index is 7.08. The molecule has 3 nitrogen and oxygen atoms in total. The topological polar surface area (TPSA) is 62.8 Å². The number of nitrogens with two attached hydrogens (primary N) is 1. The van der Waals surface area contributed by atoms with Crippen molar-refractivity contribution in [3.05, 3.63) is 29.6 Å². The number of aromatic nitrogens is 1. The Hall–Kier alpha value is -1.38. The van der Waals surface area contributed by atoms with Crippen LogP contribution in [0.2, 0.25) is 0 Å². The number of pyridine rings is 1. The van der Waals surface area contributed by atoms with Crippen molar-refractivity contribution in [1.82, 2.24) is 4.98 Å². The van der Waals surface area contributed by atoms with Crippen LogP contribution in [0.15, 0.2) is 18.5 Å². The van der Waals surface area contributed by atoms with Gasteiger partial charge in [0.25, 0.3) is 0 Å². The van der Waals surface area contributed by atoms with Crippen LogP contribution in [0, 0.1) is 12.3 Å². The molecule has 0 saturated heterocycles. The molecule has 1 heterocycles. The van der Waals surface area contributed by atoms with Gasteiger partial charge in [-0.3, -0.25) is 10.4 Å². The highest BCUT2D eigenvalue weighted by atomic mass is 14.7. The lowest BCUT2D eigenvalue weighted by Gasteiger charge is -2.01. The Kier molecular flexibility index (Phi) is 2.21. The first-order chi connectivity index (χ1) is 5.20. The highest BCUT2D eigenvalue weighted by Crippen LogP contribution is 2.04. The molecule has 58 valence electrons. The van der Waals surface area contributed by atoms with Crippen LogP contribution in [0.4, 0.5) is 0 Å². The second-order valence-corrected chi connectivity index (χ2v) is 2.50. The van der Waals surface area contributed by atoms with E-state index in [0.29, 0.717) is 6.42 Å². The van der Waals surface area contributed by atoms with Gasteiger partial charge >= 0.3 is 0 Å². The summed E-state index contributed by atoms with van der Waals surface area (Å²) in [5, 5.41) is 7.08. The van der Waals surface area contributed by atoms with E-state index >= 15 is 0 Å². The fraction of sp³-hybridized carbons (Fsp3) is 0.250. The van der Waals surface area contributed by atoms with Gasteiger partial charge in [-0.25, -0.2) is 0 Å². The van der Waals surface area contributed by atoms with E-state index in [1.54, 1.807) is 12.4 Å². The number of nitrogens with one attached hydrogen (secondary N) is 1. The van der Waals surface area contributed by atoms with Gasteiger partial charge < -0.3 is 5.73 Å². The van der Waals surface area contributed by atoms with Gasteiger partial charge in [-0.1, -0.05) is 0 Å². The molecule has 0 aliphatic rings. The minimum atomic E-state index is 0.182. The van der Waals surface area contributed by atoms with Crippen LogP contribution in [0.5, 0.6) is 0 Å². The lowest BCUT2D eigenvalue weighted by molar-refractivity contribution is 1.15. The molecular weight excluding hydrogens is 138 g/mol. The van der Waals surface area contributed by atoms with Gasteiger partial charge in [0.05, 0.1) is 5.84 Å². The molecule has 0 atom stereocenters. The van der Waals surface area contributed by atoms with Crippen molar-refractivity contribution in [2.75, 3.05) is 0 Å². The molecule has 1 aromatic rings. The van der Waals surface area contributed by atoms with Crippen LogP contribution in [0.1, 0.15) is 11.1 Å². The van der Waals surface area contributed by atoms with Crippen molar-refractivity contribution in [3.63, 3.8) is 0 Å². The number of amidine groups is 1. The number of hydrogen-bond donors (Lipinski definition) is 2. The Morgan fingerprint density at radius 3 is 3.00 bits per heavy atom. The van der Waals surface area contributed by atoms with Crippen LogP contribution >= 0.6 is 0 Å². The van der Waals surface area contributed by atoms with E-state index in [1.807, 2.05) is 13.0 Å². The fourth-order valence-electron chi connectivity index (χ4n) is 0.887. The van der Waals surface area contributed by atoms with Crippen molar-refractivity contribution >= 4 is 5.84 Å². The quantitative estimate of drug-likeness (QED) is 0.484. The zero-order valence-electron chi connectivity index (χ0n) is 6.46. The summed E-state index contributed by atoms with van der Waals surface area (Å²) in [7, 11) is 0. The van der Waals surface area contributed by atoms with E-state index in [4.69, 9.17) is 11.1 Å². The molecule has 0 aliphatic heterocycles. The predicted octanol–water partition coefficient (Wildman–Crippen LogP) is 0.868. The van der Waals surface area contributed by atoms with Gasteiger partial charge in [0.15, 0.2) is 0 Å². The van der Waals surface area contributed by atoms with E-state index in [1.165, 1.54) is 0 Å². The Morgan fingerprint density at radius 2 is 2.45 bits per heavy atom. The monoisotopic (exact) mass is 149 g/mol. The third kappa shape index (κ3) is 2.04. The first-order valence-corrected chi connectivity index (χ1v) is 3.42. The highest BCUT2D eigenvalue weighted by Gasteiger charge is 1.97. The zero-order chi connectivity index (χ0) is 8.27. The molecule has 0 aromatic carbocycles. The summed E-state index contributed by atoms with van der Waals surface area (Å²) < 4.78 is 0. The fourth-order valence-corrected chi connectivity index (χ4v) is 0.887. The molecule has 3 heteroatoms. The molecule has 0 saturated carbocycles. The third-order valence-electron chi connectivity index (χ3n) is 1.53. The van der Waals surface area contributed by atoms with Crippen LogP contribution in [-0.2, 0) is 6.42 Å². The second kappa shape index (κ2) is 3.14. The van der Waals surface area contributed by atoms with Crippen molar-refractivity contribution < 1.29 is 0 Å². The predicted molar refractivity (Wildman–Crippen MR) is 44.6 cm³/mol. The van der Waals surface area contributed by atoms with Crippen molar-refractivity contribution in [2.45, 2.75) is 13.3 Å². The van der Waals surface area contributed by atoms with E-state index in [9.17, 15) is 0 Å². The molecular formula is C8H11N3. The molecule has 0 amide bonds. The SMILES string of the molecule is Cc1ccncc1CC(=N)N. The van der Waals surface area contributed by atoms with E-state index in [-0.39, 0.29) is 5.84 Å². The lowest BCUT2D eigenvalue weighted by Crippen LogP contribution is -2.13. The largest absolute Gasteiger partial charge is 0.387 e. The summed E-state index contributed by atoms with van der Waals surface area (Å²) in [6.07, 6.45) is 3.98. The molecule has 1 aromatic heterocycles. The third-order valence-corrected chi connectivity index (χ3v) is 1.53. The van der Waals surface area contributed by atoms with Crippen LogP contribution < -0.4 is 5.73 Å². The van der Waals surface area contributed by atoms with Gasteiger partial charge in [-0.2, -0.15) is 0 Å². The van der Waals surface area contributed by atoms with Gasteiger partial charge in [-0.05, 0) is 24.1 Å². The highest BCUT2D eigenvalue weighted by molar-refractivity contribution is 5.79. The van der Waals surface area contributed by atoms with E-state index in [2.05, 4.69) is 4.98 Å². The summed E-state index contributed by atoms with van der Waals surface area (Å²) in [5.74, 6) is 0.182. The average Bonchev–Trinajstić information content (AvgIpc) is 1.93. The number of nitrogens with zero attached hydrogens (tertiary/aromatic N) is 1. The lowest BCUT2D eigenvalue weighted by atomic mass is 10.1. The van der Waals surface area contributed by atoms with Crippen LogP contribution in [-0.4, -0.2) is 10.8 Å². The first-order valence-electron chi connectivity index (χ1n) is 3.42. The molecule has 0 radical (unpaired) electrons. The number of hydrogen-bond acceptors (Lipinski definition) is 2.